The first-order valence-corrected chi connectivity index (χ1v) is 10.5. The van der Waals surface area contributed by atoms with Crippen LogP contribution in [-0.4, -0.2) is 43.2 Å². The molecular formula is C19H22N6O3S2. The minimum absolute atomic E-state index is 0.266. The van der Waals surface area contributed by atoms with Crippen molar-refractivity contribution in [3.63, 3.8) is 0 Å². The van der Waals surface area contributed by atoms with Gasteiger partial charge in [0.2, 0.25) is 0 Å². The van der Waals surface area contributed by atoms with E-state index in [0.717, 1.165) is 11.5 Å². The monoisotopic (exact) mass is 446 g/mol. The van der Waals surface area contributed by atoms with Crippen LogP contribution in [0.3, 0.4) is 0 Å². The second-order valence-corrected chi connectivity index (χ2v) is 7.71. The van der Waals surface area contributed by atoms with Crippen LogP contribution in [0.25, 0.3) is 0 Å². The van der Waals surface area contributed by atoms with E-state index in [9.17, 15) is 9.59 Å². The normalized spacial score (nSPS) is 10.8. The van der Waals surface area contributed by atoms with Gasteiger partial charge in [-0.25, -0.2) is 9.78 Å². The molecule has 0 bridgehead atoms. The van der Waals surface area contributed by atoms with Crippen molar-refractivity contribution >= 4 is 40.6 Å². The molecule has 3 aromatic heterocycles. The Morgan fingerprint density at radius 1 is 1.43 bits per heavy atom. The molecule has 30 heavy (non-hydrogen) atoms. The first kappa shape index (κ1) is 21.7. The standard InChI is InChI=1S/C19H22N6O3S2/c1-5-7-25-13(23-24-19(25)29)8-12-9-30-18(21-12)22-16(26)15-10(3)14(11(4)20-15)17(27)28-6-2/h5,9,20H,1,6-8H2,2-4H3,(H,24,29)(H,21,22,26). The van der Waals surface area contributed by atoms with Crippen molar-refractivity contribution in [1.82, 2.24) is 24.7 Å². The molecule has 9 nitrogen and oxygen atoms in total. The molecule has 0 spiro atoms. The molecule has 0 radical (unpaired) electrons. The van der Waals surface area contributed by atoms with Gasteiger partial charge >= 0.3 is 5.97 Å². The van der Waals surface area contributed by atoms with Crippen molar-refractivity contribution in [3.8, 4) is 0 Å². The minimum Gasteiger partial charge on any atom is -0.462 e. The Morgan fingerprint density at radius 2 is 2.20 bits per heavy atom. The first-order valence-electron chi connectivity index (χ1n) is 9.22. The van der Waals surface area contributed by atoms with Crippen LogP contribution in [0.2, 0.25) is 0 Å². The van der Waals surface area contributed by atoms with E-state index in [1.165, 1.54) is 11.3 Å². The summed E-state index contributed by atoms with van der Waals surface area (Å²) in [6.45, 7) is 9.71. The summed E-state index contributed by atoms with van der Waals surface area (Å²) in [6, 6.07) is 0. The zero-order chi connectivity index (χ0) is 21.8. The number of H-pyrrole nitrogens is 2. The first-order chi connectivity index (χ1) is 14.3. The topological polar surface area (TPSA) is 118 Å². The third-order valence-electron chi connectivity index (χ3n) is 4.40. The Balaban J connectivity index is 1.74. The summed E-state index contributed by atoms with van der Waals surface area (Å²) in [5.41, 5.74) is 2.56. The van der Waals surface area contributed by atoms with E-state index in [4.69, 9.17) is 17.0 Å². The summed E-state index contributed by atoms with van der Waals surface area (Å²) >= 11 is 6.52. The lowest BCUT2D eigenvalue weighted by Gasteiger charge is -2.03. The van der Waals surface area contributed by atoms with E-state index in [-0.39, 0.29) is 12.5 Å². The maximum Gasteiger partial charge on any atom is 0.340 e. The highest BCUT2D eigenvalue weighted by Crippen LogP contribution is 2.22. The van der Waals surface area contributed by atoms with Crippen LogP contribution in [0.1, 0.15) is 50.5 Å². The Hall–Kier alpha value is -3.05. The Morgan fingerprint density at radius 3 is 2.90 bits per heavy atom. The van der Waals surface area contributed by atoms with E-state index in [0.29, 0.717) is 45.4 Å². The molecule has 0 aliphatic rings. The number of aromatic amines is 2. The van der Waals surface area contributed by atoms with E-state index in [1.807, 2.05) is 9.95 Å². The maximum absolute atomic E-state index is 12.7. The lowest BCUT2D eigenvalue weighted by Crippen LogP contribution is -2.14. The summed E-state index contributed by atoms with van der Waals surface area (Å²) in [7, 11) is 0. The number of carbonyl (C=O) groups is 2. The van der Waals surface area contributed by atoms with E-state index >= 15 is 0 Å². The van der Waals surface area contributed by atoms with Crippen molar-refractivity contribution in [2.45, 2.75) is 33.7 Å². The molecule has 1 amide bonds. The lowest BCUT2D eigenvalue weighted by molar-refractivity contribution is 0.0525. The molecule has 0 aliphatic heterocycles. The van der Waals surface area contributed by atoms with E-state index < -0.39 is 5.97 Å². The largest absolute Gasteiger partial charge is 0.462 e. The highest BCUT2D eigenvalue weighted by molar-refractivity contribution is 7.71. The third-order valence-corrected chi connectivity index (χ3v) is 5.52. The molecule has 0 saturated heterocycles. The van der Waals surface area contributed by atoms with Gasteiger partial charge in [-0.1, -0.05) is 6.08 Å². The summed E-state index contributed by atoms with van der Waals surface area (Å²) in [5, 5.41) is 12.1. The van der Waals surface area contributed by atoms with Crippen molar-refractivity contribution in [1.29, 1.82) is 0 Å². The molecular weight excluding hydrogens is 424 g/mol. The number of allylic oxidation sites excluding steroid dienone is 1. The van der Waals surface area contributed by atoms with E-state index in [2.05, 4.69) is 32.1 Å². The molecule has 3 N–H and O–H groups in total. The maximum atomic E-state index is 12.7. The van der Waals surface area contributed by atoms with Crippen molar-refractivity contribution in [2.75, 3.05) is 11.9 Å². The van der Waals surface area contributed by atoms with Gasteiger partial charge in [0.25, 0.3) is 5.91 Å². The molecule has 3 heterocycles. The van der Waals surface area contributed by atoms with Gasteiger partial charge in [-0.05, 0) is 38.6 Å². The SMILES string of the molecule is C=CCn1c(Cc2csc(NC(=O)c3[nH]c(C)c(C(=O)OCC)c3C)n2)n[nH]c1=S. The number of aromatic nitrogens is 5. The second kappa shape index (κ2) is 9.18. The van der Waals surface area contributed by atoms with Crippen LogP contribution in [0.5, 0.6) is 0 Å². The van der Waals surface area contributed by atoms with Crippen molar-refractivity contribution in [2.24, 2.45) is 0 Å². The summed E-state index contributed by atoms with van der Waals surface area (Å²) < 4.78 is 7.42. The number of hydrogen-bond donors (Lipinski definition) is 3. The fourth-order valence-electron chi connectivity index (χ4n) is 3.06. The lowest BCUT2D eigenvalue weighted by atomic mass is 10.1. The number of carbonyl (C=O) groups excluding carboxylic acids is 2. The number of ether oxygens (including phenoxy) is 1. The van der Waals surface area contributed by atoms with Gasteiger partial charge in [0.15, 0.2) is 9.90 Å². The van der Waals surface area contributed by atoms with Crippen LogP contribution in [0.4, 0.5) is 5.13 Å². The molecule has 0 atom stereocenters. The highest BCUT2D eigenvalue weighted by Gasteiger charge is 2.23. The molecule has 158 valence electrons. The fourth-order valence-corrected chi connectivity index (χ4v) is 3.99. The third kappa shape index (κ3) is 4.41. The minimum atomic E-state index is -0.452. The van der Waals surface area contributed by atoms with Gasteiger partial charge in [-0.15, -0.1) is 17.9 Å². The number of thiazole rings is 1. The Kier molecular flexibility index (Phi) is 6.63. The van der Waals surface area contributed by atoms with Crippen molar-refractivity contribution < 1.29 is 14.3 Å². The van der Waals surface area contributed by atoms with Crippen molar-refractivity contribution in [3.05, 3.63) is 56.8 Å². The average molecular weight is 447 g/mol. The molecule has 0 aromatic carbocycles. The predicted molar refractivity (Wildman–Crippen MR) is 117 cm³/mol. The number of esters is 1. The molecule has 3 aromatic rings. The Labute approximate surface area is 182 Å². The van der Waals surface area contributed by atoms with Crippen LogP contribution in [0.15, 0.2) is 18.0 Å². The molecule has 3 rings (SSSR count). The fraction of sp³-hybridized carbons (Fsp3) is 0.316. The molecule has 11 heteroatoms. The van der Waals surface area contributed by atoms with Gasteiger partial charge in [0, 0.05) is 17.6 Å². The smallest absolute Gasteiger partial charge is 0.340 e. The van der Waals surface area contributed by atoms with Gasteiger partial charge in [-0.3, -0.25) is 19.8 Å². The number of rotatable bonds is 8. The number of nitrogens with zero attached hydrogens (tertiary/aromatic N) is 3. The summed E-state index contributed by atoms with van der Waals surface area (Å²) in [6.07, 6.45) is 2.20. The molecule has 0 fully saturated rings. The zero-order valence-corrected chi connectivity index (χ0v) is 18.5. The quantitative estimate of drug-likeness (QED) is 0.277. The van der Waals surface area contributed by atoms with Gasteiger partial charge in [0.1, 0.15) is 11.5 Å². The van der Waals surface area contributed by atoms with E-state index in [1.54, 1.807) is 26.8 Å². The number of aryl methyl sites for hydroxylation is 1. The van der Waals surface area contributed by atoms with Gasteiger partial charge < -0.3 is 9.72 Å². The summed E-state index contributed by atoms with van der Waals surface area (Å²) in [5.74, 6) is -0.0911. The number of anilines is 1. The predicted octanol–water partition coefficient (Wildman–Crippen LogP) is 3.55. The number of hydrogen-bond acceptors (Lipinski definition) is 7. The van der Waals surface area contributed by atoms with Crippen LogP contribution < -0.4 is 5.32 Å². The molecule has 0 saturated carbocycles. The molecule has 0 aliphatic carbocycles. The molecule has 0 unspecified atom stereocenters. The Bertz CT molecular complexity index is 1150. The van der Waals surface area contributed by atoms with Gasteiger partial charge in [0.05, 0.1) is 24.3 Å². The van der Waals surface area contributed by atoms with Gasteiger partial charge in [-0.2, -0.15) is 5.10 Å². The number of amides is 1. The van der Waals surface area contributed by atoms with Crippen LogP contribution in [-0.2, 0) is 17.7 Å². The highest BCUT2D eigenvalue weighted by atomic mass is 32.1. The zero-order valence-electron chi connectivity index (χ0n) is 16.9. The van der Waals surface area contributed by atoms with Crippen LogP contribution in [0, 0.1) is 18.6 Å². The second-order valence-electron chi connectivity index (χ2n) is 6.46. The van der Waals surface area contributed by atoms with Crippen LogP contribution >= 0.6 is 23.6 Å². The number of nitrogens with one attached hydrogen (secondary N) is 3. The average Bonchev–Trinajstić information content (AvgIpc) is 3.36. The summed E-state index contributed by atoms with van der Waals surface area (Å²) in [4.78, 5) is 32.3.